The SMILES string of the molecule is O=CBN1C2CCCC23CC3[C@H]1C(=O)O. The van der Waals surface area contributed by atoms with E-state index in [1.807, 2.05) is 4.81 Å². The zero-order chi connectivity index (χ0) is 10.6. The Hall–Kier alpha value is -0.835. The second-order valence-electron chi connectivity index (χ2n) is 5.10. The minimum Gasteiger partial charge on any atom is -0.480 e. The van der Waals surface area contributed by atoms with Gasteiger partial charge in [-0.1, -0.05) is 6.42 Å². The monoisotopic (exact) mass is 207 g/mol. The molecule has 15 heavy (non-hydrogen) atoms. The lowest BCUT2D eigenvalue weighted by atomic mass is 9.88. The van der Waals surface area contributed by atoms with Crippen LogP contribution in [-0.4, -0.2) is 41.6 Å². The molecule has 1 saturated heterocycles. The van der Waals surface area contributed by atoms with Gasteiger partial charge in [-0.2, -0.15) is 0 Å². The molecule has 0 aromatic heterocycles. The molecule has 0 aromatic rings. The highest BCUT2D eigenvalue weighted by Gasteiger charge is 2.72. The Morgan fingerprint density at radius 2 is 2.40 bits per heavy atom. The van der Waals surface area contributed by atoms with Gasteiger partial charge in [-0.25, -0.2) is 0 Å². The van der Waals surface area contributed by atoms with E-state index in [0.717, 1.165) is 19.0 Å². The number of carboxylic acid groups (broad SMARTS) is 1. The highest BCUT2D eigenvalue weighted by atomic mass is 16.4. The topological polar surface area (TPSA) is 57.6 Å². The van der Waals surface area contributed by atoms with Crippen molar-refractivity contribution >= 4 is 19.6 Å². The van der Waals surface area contributed by atoms with Crippen LogP contribution in [0.2, 0.25) is 0 Å². The van der Waals surface area contributed by atoms with Gasteiger partial charge in [-0.05, 0) is 30.6 Å². The van der Waals surface area contributed by atoms with E-state index in [-0.39, 0.29) is 11.5 Å². The van der Waals surface area contributed by atoms with E-state index in [1.165, 1.54) is 12.8 Å². The van der Waals surface area contributed by atoms with Crippen LogP contribution in [0.15, 0.2) is 0 Å². The third-order valence-corrected chi connectivity index (χ3v) is 4.64. The van der Waals surface area contributed by atoms with Crippen molar-refractivity contribution in [3.8, 4) is 0 Å². The van der Waals surface area contributed by atoms with Gasteiger partial charge in [-0.3, -0.25) is 4.79 Å². The molecule has 4 atom stereocenters. The summed E-state index contributed by atoms with van der Waals surface area (Å²) in [5, 5.41) is 9.20. The van der Waals surface area contributed by atoms with Crippen LogP contribution in [-0.2, 0) is 9.59 Å². The van der Waals surface area contributed by atoms with E-state index in [1.54, 1.807) is 0 Å². The standard InChI is InChI=1S/C10H14BNO3/c13-5-11-12-7-2-1-3-10(7)4-6(10)8(12)9(14)15/h5-8,11H,1-4H2,(H,14,15)/t6?,7?,8-,10?/m0/s1. The predicted octanol–water partition coefficient (Wildman–Crippen LogP) is -0.144. The number of hydrogen-bond donors (Lipinski definition) is 1. The molecule has 2 aliphatic carbocycles. The third-order valence-electron chi connectivity index (χ3n) is 4.64. The van der Waals surface area contributed by atoms with Gasteiger partial charge in [0.25, 0.3) is 7.41 Å². The number of aliphatic carboxylic acids is 1. The lowest BCUT2D eigenvalue weighted by molar-refractivity contribution is -0.141. The van der Waals surface area contributed by atoms with E-state index in [4.69, 9.17) is 0 Å². The molecule has 3 fully saturated rings. The Morgan fingerprint density at radius 1 is 1.60 bits per heavy atom. The summed E-state index contributed by atoms with van der Waals surface area (Å²) < 4.78 is 0. The molecule has 0 radical (unpaired) electrons. The average molecular weight is 207 g/mol. The predicted molar refractivity (Wildman–Crippen MR) is 55.3 cm³/mol. The van der Waals surface area contributed by atoms with Crippen molar-refractivity contribution in [2.75, 3.05) is 0 Å². The summed E-state index contributed by atoms with van der Waals surface area (Å²) in [7, 11) is 0.292. The van der Waals surface area contributed by atoms with Crippen molar-refractivity contribution in [1.82, 2.24) is 4.81 Å². The van der Waals surface area contributed by atoms with E-state index in [9.17, 15) is 14.7 Å². The minimum atomic E-state index is -0.742. The van der Waals surface area contributed by atoms with E-state index in [2.05, 4.69) is 0 Å². The summed E-state index contributed by atoms with van der Waals surface area (Å²) in [6, 6.07) is -0.0192. The molecule has 1 N–H and O–H groups in total. The zero-order valence-corrected chi connectivity index (χ0v) is 8.56. The van der Waals surface area contributed by atoms with Gasteiger partial charge in [-0.15, -0.1) is 0 Å². The Bertz CT molecular complexity index is 335. The first-order valence-electron chi connectivity index (χ1n) is 5.63. The zero-order valence-electron chi connectivity index (χ0n) is 8.56. The summed E-state index contributed by atoms with van der Waals surface area (Å²) in [4.78, 5) is 23.7. The summed E-state index contributed by atoms with van der Waals surface area (Å²) >= 11 is 0. The lowest BCUT2D eigenvalue weighted by Gasteiger charge is -2.29. The number of hydrogen-bond acceptors (Lipinski definition) is 3. The van der Waals surface area contributed by atoms with Gasteiger partial charge in [0, 0.05) is 6.04 Å². The molecule has 1 spiro atoms. The fourth-order valence-electron chi connectivity index (χ4n) is 4.09. The van der Waals surface area contributed by atoms with E-state index in [0.29, 0.717) is 19.4 Å². The van der Waals surface area contributed by atoms with Crippen molar-refractivity contribution in [1.29, 1.82) is 0 Å². The summed E-state index contributed by atoms with van der Waals surface area (Å²) in [5.41, 5.74) is 0.284. The number of carbonyl (C=O) groups is 2. The quantitative estimate of drug-likeness (QED) is 0.516. The molecule has 2 saturated carbocycles. The second kappa shape index (κ2) is 2.85. The molecular formula is C10H14BNO3. The van der Waals surface area contributed by atoms with Crippen LogP contribution in [0.3, 0.4) is 0 Å². The van der Waals surface area contributed by atoms with Crippen LogP contribution in [0.5, 0.6) is 0 Å². The van der Waals surface area contributed by atoms with Crippen LogP contribution in [0.4, 0.5) is 0 Å². The van der Waals surface area contributed by atoms with Crippen molar-refractivity contribution in [3.05, 3.63) is 0 Å². The fourth-order valence-corrected chi connectivity index (χ4v) is 4.09. The minimum absolute atomic E-state index is 0.284. The molecule has 3 aliphatic rings. The molecular weight excluding hydrogens is 193 g/mol. The maximum atomic E-state index is 11.2. The van der Waals surface area contributed by atoms with Crippen LogP contribution >= 0.6 is 0 Å². The molecule has 5 heteroatoms. The molecule has 1 aliphatic heterocycles. The molecule has 4 nitrogen and oxygen atoms in total. The van der Waals surface area contributed by atoms with Gasteiger partial charge in [0.05, 0.1) is 6.19 Å². The van der Waals surface area contributed by atoms with Crippen LogP contribution in [0, 0.1) is 11.3 Å². The maximum absolute atomic E-state index is 11.2. The highest BCUT2D eigenvalue weighted by Crippen LogP contribution is 2.70. The van der Waals surface area contributed by atoms with Gasteiger partial charge >= 0.3 is 5.97 Å². The van der Waals surface area contributed by atoms with Crippen LogP contribution in [0.25, 0.3) is 0 Å². The smallest absolute Gasteiger partial charge is 0.320 e. The van der Waals surface area contributed by atoms with Crippen molar-refractivity contribution < 1.29 is 14.7 Å². The Morgan fingerprint density at radius 3 is 3.07 bits per heavy atom. The number of carbonyl (C=O) groups excluding carboxylic acids is 1. The normalized spacial score (nSPS) is 47.1. The highest BCUT2D eigenvalue weighted by molar-refractivity contribution is 6.64. The molecule has 3 unspecified atom stereocenters. The van der Waals surface area contributed by atoms with Gasteiger partial charge in [0.2, 0.25) is 0 Å². The number of carboxylic acids is 1. The van der Waals surface area contributed by atoms with Crippen LogP contribution in [0.1, 0.15) is 25.7 Å². The van der Waals surface area contributed by atoms with E-state index < -0.39 is 5.97 Å². The molecule has 0 amide bonds. The largest absolute Gasteiger partial charge is 0.480 e. The Kier molecular flexibility index (Phi) is 1.78. The third kappa shape index (κ3) is 1.02. The van der Waals surface area contributed by atoms with Crippen molar-refractivity contribution in [2.24, 2.45) is 11.3 Å². The fraction of sp³-hybridized carbons (Fsp3) is 0.800. The molecule has 1 heterocycles. The average Bonchev–Trinajstić information content (AvgIpc) is 2.62. The summed E-state index contributed by atoms with van der Waals surface area (Å²) in [6.45, 7) is 0. The molecule has 3 rings (SSSR count). The summed E-state index contributed by atoms with van der Waals surface area (Å²) in [6.07, 6.45) is 5.36. The number of piperidine rings is 1. The second-order valence-corrected chi connectivity index (χ2v) is 5.10. The maximum Gasteiger partial charge on any atom is 0.320 e. The first kappa shape index (κ1) is 9.40. The Labute approximate surface area is 88.9 Å². The van der Waals surface area contributed by atoms with Crippen LogP contribution < -0.4 is 0 Å². The first-order chi connectivity index (χ1) is 7.20. The van der Waals surface area contributed by atoms with E-state index >= 15 is 0 Å². The first-order valence-corrected chi connectivity index (χ1v) is 5.63. The van der Waals surface area contributed by atoms with Crippen molar-refractivity contribution in [2.45, 2.75) is 37.8 Å². The molecule has 0 bridgehead atoms. The molecule has 0 aromatic carbocycles. The van der Waals surface area contributed by atoms with Gasteiger partial charge in [0.1, 0.15) is 6.04 Å². The number of nitrogens with zero attached hydrogens (tertiary/aromatic N) is 1. The number of rotatable bonds is 3. The Balaban J connectivity index is 1.91. The lowest BCUT2D eigenvalue weighted by Crippen LogP contribution is -2.47. The summed E-state index contributed by atoms with van der Waals surface area (Å²) in [5.74, 6) is -0.421. The van der Waals surface area contributed by atoms with Gasteiger partial charge < -0.3 is 14.7 Å². The van der Waals surface area contributed by atoms with Gasteiger partial charge in [0.15, 0.2) is 0 Å². The molecule has 80 valence electrons. The van der Waals surface area contributed by atoms with Crippen molar-refractivity contribution in [3.63, 3.8) is 0 Å².